The summed E-state index contributed by atoms with van der Waals surface area (Å²) in [6, 6.07) is 5.77. The van der Waals surface area contributed by atoms with Crippen LogP contribution in [0.5, 0.6) is 0 Å². The van der Waals surface area contributed by atoms with Gasteiger partial charge in [-0.2, -0.15) is 18.3 Å². The second-order valence-electron chi connectivity index (χ2n) is 6.41. The number of allylic oxidation sites excluding steroid dienone is 1. The van der Waals surface area contributed by atoms with Crippen LogP contribution in [-0.2, 0) is 6.18 Å². The lowest BCUT2D eigenvalue weighted by Crippen LogP contribution is -2.27. The van der Waals surface area contributed by atoms with Gasteiger partial charge in [0.25, 0.3) is 5.91 Å². The van der Waals surface area contributed by atoms with Crippen molar-refractivity contribution in [2.45, 2.75) is 38.3 Å². The summed E-state index contributed by atoms with van der Waals surface area (Å²) in [5.41, 5.74) is -0.165. The predicted molar refractivity (Wildman–Crippen MR) is 97.1 cm³/mol. The van der Waals surface area contributed by atoms with Crippen LogP contribution in [0.2, 0.25) is 5.02 Å². The smallest absolute Gasteiger partial charge is 0.352 e. The summed E-state index contributed by atoms with van der Waals surface area (Å²) in [5, 5.41) is 6.76. The van der Waals surface area contributed by atoms with E-state index < -0.39 is 23.3 Å². The highest BCUT2D eigenvalue weighted by Crippen LogP contribution is 2.34. The van der Waals surface area contributed by atoms with E-state index in [0.29, 0.717) is 18.0 Å². The maximum atomic E-state index is 13.6. The van der Waals surface area contributed by atoms with E-state index in [9.17, 15) is 18.0 Å². The van der Waals surface area contributed by atoms with Crippen molar-refractivity contribution in [3.8, 4) is 5.69 Å². The topological polar surface area (TPSA) is 46.9 Å². The zero-order valence-electron chi connectivity index (χ0n) is 14.5. The van der Waals surface area contributed by atoms with E-state index in [-0.39, 0.29) is 5.69 Å². The predicted octanol–water partition coefficient (Wildman–Crippen LogP) is 5.16. The highest BCUT2D eigenvalue weighted by atomic mass is 35.5. The molecule has 1 aromatic carbocycles. The van der Waals surface area contributed by atoms with Crippen molar-refractivity contribution in [2.75, 3.05) is 6.54 Å². The van der Waals surface area contributed by atoms with E-state index in [0.717, 1.165) is 36.6 Å². The van der Waals surface area contributed by atoms with Crippen molar-refractivity contribution in [2.24, 2.45) is 0 Å². The first-order valence-corrected chi connectivity index (χ1v) is 9.11. The Labute approximate surface area is 160 Å². The summed E-state index contributed by atoms with van der Waals surface area (Å²) in [5.74, 6) is -0.779. The van der Waals surface area contributed by atoms with Crippen LogP contribution in [0, 0.1) is 0 Å². The first-order valence-electron chi connectivity index (χ1n) is 8.73. The zero-order chi connectivity index (χ0) is 19.4. The lowest BCUT2D eigenvalue weighted by atomic mass is 9.97. The Bertz CT molecular complexity index is 841. The van der Waals surface area contributed by atoms with Gasteiger partial charge in [0.05, 0.1) is 17.4 Å². The lowest BCUT2D eigenvalue weighted by Gasteiger charge is -2.14. The van der Waals surface area contributed by atoms with Gasteiger partial charge in [0.1, 0.15) is 0 Å². The molecule has 0 radical (unpaired) electrons. The van der Waals surface area contributed by atoms with Gasteiger partial charge in [0.15, 0.2) is 5.69 Å². The maximum Gasteiger partial charge on any atom is 0.434 e. The molecular formula is C19H19ClF3N3O. The van der Waals surface area contributed by atoms with Crippen molar-refractivity contribution >= 4 is 17.5 Å². The summed E-state index contributed by atoms with van der Waals surface area (Å²) < 4.78 is 41.5. The molecule has 0 aliphatic heterocycles. The number of carbonyl (C=O) groups excluding carboxylic acids is 1. The Balaban J connectivity index is 1.79. The standard InChI is InChI=1S/C19H19ClF3N3O/c20-14-6-8-15(9-7-14)26-17(19(21,22)23)16(12-25-26)18(27)24-11-10-13-4-2-1-3-5-13/h4,6-9,12H,1-3,5,10-11H2,(H,24,27). The molecule has 1 aliphatic rings. The third kappa shape index (κ3) is 4.71. The number of rotatable bonds is 5. The fraction of sp³-hybridized carbons (Fsp3) is 0.368. The average Bonchev–Trinajstić information content (AvgIpc) is 3.09. The number of nitrogens with zero attached hydrogens (tertiary/aromatic N) is 2. The molecule has 27 heavy (non-hydrogen) atoms. The molecule has 3 rings (SSSR count). The van der Waals surface area contributed by atoms with Crippen LogP contribution in [0.4, 0.5) is 13.2 Å². The molecule has 1 heterocycles. The molecule has 4 nitrogen and oxygen atoms in total. The van der Waals surface area contributed by atoms with E-state index in [1.165, 1.54) is 29.8 Å². The van der Waals surface area contributed by atoms with E-state index in [2.05, 4.69) is 16.5 Å². The van der Waals surface area contributed by atoms with Crippen molar-refractivity contribution in [3.05, 3.63) is 58.4 Å². The lowest BCUT2D eigenvalue weighted by molar-refractivity contribution is -0.143. The van der Waals surface area contributed by atoms with Gasteiger partial charge < -0.3 is 5.32 Å². The summed E-state index contributed by atoms with van der Waals surface area (Å²) in [4.78, 5) is 12.3. The van der Waals surface area contributed by atoms with Gasteiger partial charge in [-0.25, -0.2) is 4.68 Å². The number of hydrogen-bond donors (Lipinski definition) is 1. The minimum absolute atomic E-state index is 0.179. The normalized spacial score (nSPS) is 14.7. The molecule has 1 N–H and O–H groups in total. The average molecular weight is 398 g/mol. The molecule has 144 valence electrons. The van der Waals surface area contributed by atoms with Crippen molar-refractivity contribution in [1.29, 1.82) is 0 Å². The second kappa shape index (κ2) is 8.17. The van der Waals surface area contributed by atoms with Gasteiger partial charge in [-0.15, -0.1) is 0 Å². The van der Waals surface area contributed by atoms with Gasteiger partial charge in [-0.3, -0.25) is 4.79 Å². The number of nitrogens with one attached hydrogen (secondary N) is 1. The summed E-state index contributed by atoms with van der Waals surface area (Å²) in [7, 11) is 0. The molecule has 0 fully saturated rings. The Morgan fingerprint density at radius 1 is 1.22 bits per heavy atom. The van der Waals surface area contributed by atoms with Crippen molar-refractivity contribution in [3.63, 3.8) is 0 Å². The number of halogens is 4. The van der Waals surface area contributed by atoms with Crippen LogP contribution in [0.3, 0.4) is 0 Å². The van der Waals surface area contributed by atoms with Crippen LogP contribution >= 0.6 is 11.6 Å². The third-order valence-corrected chi connectivity index (χ3v) is 4.72. The monoisotopic (exact) mass is 397 g/mol. The highest BCUT2D eigenvalue weighted by Gasteiger charge is 2.40. The molecule has 1 aromatic heterocycles. The van der Waals surface area contributed by atoms with Gasteiger partial charge in [0, 0.05) is 11.6 Å². The molecule has 2 aromatic rings. The summed E-state index contributed by atoms with van der Waals surface area (Å²) in [6.07, 6.45) is 3.31. The first-order chi connectivity index (χ1) is 12.9. The van der Waals surface area contributed by atoms with Gasteiger partial charge in [0.2, 0.25) is 0 Å². The van der Waals surface area contributed by atoms with E-state index in [1.54, 1.807) is 0 Å². The minimum Gasteiger partial charge on any atom is -0.352 e. The molecule has 0 unspecified atom stereocenters. The van der Waals surface area contributed by atoms with E-state index in [4.69, 9.17) is 11.6 Å². The Morgan fingerprint density at radius 3 is 2.59 bits per heavy atom. The van der Waals surface area contributed by atoms with E-state index in [1.807, 2.05) is 0 Å². The fourth-order valence-corrected chi connectivity index (χ4v) is 3.25. The SMILES string of the molecule is O=C(NCCC1=CCCCC1)c1cnn(-c2ccc(Cl)cc2)c1C(F)(F)F. The Kier molecular flexibility index (Phi) is 5.89. The van der Waals surface area contributed by atoms with Crippen LogP contribution in [-0.4, -0.2) is 22.2 Å². The summed E-state index contributed by atoms with van der Waals surface area (Å²) >= 11 is 5.79. The zero-order valence-corrected chi connectivity index (χ0v) is 15.3. The number of hydrogen-bond acceptors (Lipinski definition) is 2. The molecule has 0 bridgehead atoms. The van der Waals surface area contributed by atoms with Crippen LogP contribution in [0.15, 0.2) is 42.1 Å². The molecular weight excluding hydrogens is 379 g/mol. The number of carbonyl (C=O) groups is 1. The summed E-state index contributed by atoms with van der Waals surface area (Å²) in [6.45, 7) is 0.300. The highest BCUT2D eigenvalue weighted by molar-refractivity contribution is 6.30. The molecule has 0 saturated heterocycles. The third-order valence-electron chi connectivity index (χ3n) is 4.47. The van der Waals surface area contributed by atoms with Crippen LogP contribution < -0.4 is 5.32 Å². The van der Waals surface area contributed by atoms with Crippen molar-refractivity contribution < 1.29 is 18.0 Å². The molecule has 0 spiro atoms. The van der Waals surface area contributed by atoms with Gasteiger partial charge in [-0.05, 0) is 56.4 Å². The Morgan fingerprint density at radius 2 is 1.96 bits per heavy atom. The van der Waals surface area contributed by atoms with Gasteiger partial charge in [-0.1, -0.05) is 23.3 Å². The largest absolute Gasteiger partial charge is 0.434 e. The number of amides is 1. The quantitative estimate of drug-likeness (QED) is 0.708. The molecule has 0 saturated carbocycles. The number of alkyl halides is 3. The first kappa shape index (κ1) is 19.5. The minimum atomic E-state index is -4.73. The van der Waals surface area contributed by atoms with Crippen molar-refractivity contribution in [1.82, 2.24) is 15.1 Å². The maximum absolute atomic E-state index is 13.6. The molecule has 1 aliphatic carbocycles. The molecule has 0 atom stereocenters. The number of aromatic nitrogens is 2. The fourth-order valence-electron chi connectivity index (χ4n) is 3.13. The number of benzene rings is 1. The Hall–Kier alpha value is -2.28. The van der Waals surface area contributed by atoms with Crippen LogP contribution in [0.1, 0.15) is 48.2 Å². The van der Waals surface area contributed by atoms with Crippen LogP contribution in [0.25, 0.3) is 5.69 Å². The molecule has 8 heteroatoms. The van der Waals surface area contributed by atoms with E-state index >= 15 is 0 Å². The van der Waals surface area contributed by atoms with Gasteiger partial charge >= 0.3 is 6.18 Å². The molecule has 1 amide bonds. The second-order valence-corrected chi connectivity index (χ2v) is 6.84.